The molecule has 0 radical (unpaired) electrons. The molecule has 0 bridgehead atoms. The van der Waals surface area contributed by atoms with Crippen LogP contribution in [0.2, 0.25) is 0 Å². The van der Waals surface area contributed by atoms with Gasteiger partial charge in [0.2, 0.25) is 0 Å². The maximum absolute atomic E-state index is 5.69. The highest BCUT2D eigenvalue weighted by Gasteiger charge is 2.16. The van der Waals surface area contributed by atoms with Crippen LogP contribution in [-0.2, 0) is 4.84 Å². The minimum absolute atomic E-state index is 0.210. The average molecular weight is 235 g/mol. The fourth-order valence-electron chi connectivity index (χ4n) is 2.17. The van der Waals surface area contributed by atoms with E-state index < -0.39 is 0 Å². The van der Waals surface area contributed by atoms with Crippen molar-refractivity contribution >= 4 is 0 Å². The Morgan fingerprint density at radius 1 is 1.18 bits per heavy atom. The Morgan fingerprint density at radius 2 is 1.82 bits per heavy atom. The maximum atomic E-state index is 5.69. The van der Waals surface area contributed by atoms with Gasteiger partial charge < -0.3 is 4.74 Å². The van der Waals surface area contributed by atoms with E-state index in [1.165, 1.54) is 31.2 Å². The van der Waals surface area contributed by atoms with E-state index in [0.717, 1.165) is 5.75 Å². The number of hydrogen-bond acceptors (Lipinski definition) is 3. The van der Waals surface area contributed by atoms with Gasteiger partial charge in [-0.2, -0.15) is 5.48 Å². The van der Waals surface area contributed by atoms with Gasteiger partial charge in [0.15, 0.2) is 0 Å². The summed E-state index contributed by atoms with van der Waals surface area (Å²) in [7, 11) is 1.68. The maximum Gasteiger partial charge on any atom is 0.118 e. The number of hydroxylamine groups is 1. The van der Waals surface area contributed by atoms with E-state index in [-0.39, 0.29) is 6.04 Å². The zero-order valence-corrected chi connectivity index (χ0v) is 10.6. The Bertz CT molecular complexity index is 331. The van der Waals surface area contributed by atoms with Crippen molar-refractivity contribution in [2.45, 2.75) is 44.8 Å². The zero-order chi connectivity index (χ0) is 12.1. The molecule has 1 aromatic carbocycles. The van der Waals surface area contributed by atoms with Crippen LogP contribution in [0, 0.1) is 0 Å². The van der Waals surface area contributed by atoms with E-state index in [4.69, 9.17) is 9.57 Å². The van der Waals surface area contributed by atoms with E-state index in [1.54, 1.807) is 7.11 Å². The molecule has 1 saturated carbocycles. The Hall–Kier alpha value is -1.06. The van der Waals surface area contributed by atoms with Crippen molar-refractivity contribution in [3.8, 4) is 5.75 Å². The SMILES string of the molecule is COc1ccc(C(C)NOC2CCCC2)cc1. The van der Waals surface area contributed by atoms with Crippen LogP contribution in [0.15, 0.2) is 24.3 Å². The number of rotatable bonds is 5. The van der Waals surface area contributed by atoms with Gasteiger partial charge in [-0.15, -0.1) is 0 Å². The van der Waals surface area contributed by atoms with Gasteiger partial charge in [0.05, 0.1) is 19.3 Å². The molecule has 0 aliphatic heterocycles. The number of benzene rings is 1. The van der Waals surface area contributed by atoms with Gasteiger partial charge >= 0.3 is 0 Å². The Kier molecular flexibility index (Phi) is 4.40. The van der Waals surface area contributed by atoms with Crippen molar-refractivity contribution in [1.82, 2.24) is 5.48 Å². The molecule has 0 amide bonds. The van der Waals surface area contributed by atoms with Crippen LogP contribution in [-0.4, -0.2) is 13.2 Å². The fourth-order valence-corrected chi connectivity index (χ4v) is 2.17. The molecule has 3 nitrogen and oxygen atoms in total. The first-order valence-corrected chi connectivity index (χ1v) is 6.34. The van der Waals surface area contributed by atoms with E-state index in [2.05, 4.69) is 24.5 Å². The van der Waals surface area contributed by atoms with Gasteiger partial charge in [-0.05, 0) is 37.5 Å². The molecule has 1 unspecified atom stereocenters. The first kappa shape index (κ1) is 12.4. The zero-order valence-electron chi connectivity index (χ0n) is 10.6. The van der Waals surface area contributed by atoms with Crippen LogP contribution < -0.4 is 10.2 Å². The first-order chi connectivity index (χ1) is 8.29. The number of nitrogens with one attached hydrogen (secondary N) is 1. The lowest BCUT2D eigenvalue weighted by Crippen LogP contribution is -2.24. The molecule has 0 spiro atoms. The molecule has 3 heteroatoms. The van der Waals surface area contributed by atoms with Crippen LogP contribution in [0.3, 0.4) is 0 Å². The minimum Gasteiger partial charge on any atom is -0.497 e. The lowest BCUT2D eigenvalue weighted by molar-refractivity contribution is -0.0376. The summed E-state index contributed by atoms with van der Waals surface area (Å²) in [5, 5.41) is 0. The highest BCUT2D eigenvalue weighted by Crippen LogP contribution is 2.22. The van der Waals surface area contributed by atoms with Crippen molar-refractivity contribution in [2.75, 3.05) is 7.11 Å². The Labute approximate surface area is 103 Å². The van der Waals surface area contributed by atoms with Gasteiger partial charge in [-0.3, -0.25) is 4.84 Å². The third-order valence-corrected chi connectivity index (χ3v) is 3.33. The molecule has 1 N–H and O–H groups in total. The molecular formula is C14H21NO2. The summed E-state index contributed by atoms with van der Waals surface area (Å²) in [6.45, 7) is 2.11. The minimum atomic E-state index is 0.210. The number of methoxy groups -OCH3 is 1. The summed E-state index contributed by atoms with van der Waals surface area (Å²) >= 11 is 0. The van der Waals surface area contributed by atoms with Gasteiger partial charge in [-0.25, -0.2) is 0 Å². The van der Waals surface area contributed by atoms with Gasteiger partial charge in [-0.1, -0.05) is 25.0 Å². The molecular weight excluding hydrogens is 214 g/mol. The monoisotopic (exact) mass is 235 g/mol. The lowest BCUT2D eigenvalue weighted by atomic mass is 10.1. The highest BCUT2D eigenvalue weighted by atomic mass is 16.7. The van der Waals surface area contributed by atoms with Gasteiger partial charge in [0.25, 0.3) is 0 Å². The molecule has 1 fully saturated rings. The molecule has 0 aromatic heterocycles. The predicted octanol–water partition coefficient (Wildman–Crippen LogP) is 3.22. The molecule has 2 rings (SSSR count). The smallest absolute Gasteiger partial charge is 0.118 e. The summed E-state index contributed by atoms with van der Waals surface area (Å²) in [6, 6.07) is 8.29. The highest BCUT2D eigenvalue weighted by molar-refractivity contribution is 5.28. The first-order valence-electron chi connectivity index (χ1n) is 6.34. The number of ether oxygens (including phenoxy) is 1. The summed E-state index contributed by atoms with van der Waals surface area (Å²) < 4.78 is 5.14. The Morgan fingerprint density at radius 3 is 2.41 bits per heavy atom. The molecule has 0 saturated heterocycles. The fraction of sp³-hybridized carbons (Fsp3) is 0.571. The summed E-state index contributed by atoms with van der Waals surface area (Å²) in [6.07, 6.45) is 5.35. The molecule has 17 heavy (non-hydrogen) atoms. The van der Waals surface area contributed by atoms with Crippen molar-refractivity contribution in [2.24, 2.45) is 0 Å². The van der Waals surface area contributed by atoms with Crippen molar-refractivity contribution in [3.63, 3.8) is 0 Å². The molecule has 1 aliphatic rings. The molecule has 94 valence electrons. The summed E-state index contributed by atoms with van der Waals surface area (Å²) in [5.74, 6) is 0.887. The quantitative estimate of drug-likeness (QED) is 0.795. The normalized spacial score (nSPS) is 18.2. The second-order valence-electron chi connectivity index (χ2n) is 4.64. The van der Waals surface area contributed by atoms with Crippen molar-refractivity contribution in [3.05, 3.63) is 29.8 Å². The standard InChI is InChI=1S/C14H21NO2/c1-11(15-17-14-5-3-4-6-14)12-7-9-13(16-2)10-8-12/h7-11,14-15H,3-6H2,1-2H3. The van der Waals surface area contributed by atoms with E-state index in [1.807, 2.05) is 12.1 Å². The van der Waals surface area contributed by atoms with E-state index >= 15 is 0 Å². The van der Waals surface area contributed by atoms with Crippen LogP contribution in [0.25, 0.3) is 0 Å². The van der Waals surface area contributed by atoms with Crippen LogP contribution >= 0.6 is 0 Å². The van der Waals surface area contributed by atoms with Crippen molar-refractivity contribution < 1.29 is 9.57 Å². The third-order valence-electron chi connectivity index (χ3n) is 3.33. The summed E-state index contributed by atoms with van der Waals surface area (Å²) in [4.78, 5) is 5.69. The Balaban J connectivity index is 1.83. The summed E-state index contributed by atoms with van der Waals surface area (Å²) in [5.41, 5.74) is 4.35. The molecule has 1 atom stereocenters. The molecule has 1 aromatic rings. The molecule has 0 heterocycles. The second-order valence-corrected chi connectivity index (χ2v) is 4.64. The average Bonchev–Trinajstić information content (AvgIpc) is 2.89. The predicted molar refractivity (Wildman–Crippen MR) is 67.9 cm³/mol. The lowest BCUT2D eigenvalue weighted by Gasteiger charge is -2.18. The largest absolute Gasteiger partial charge is 0.497 e. The van der Waals surface area contributed by atoms with Crippen LogP contribution in [0.4, 0.5) is 0 Å². The van der Waals surface area contributed by atoms with E-state index in [0.29, 0.717) is 6.10 Å². The van der Waals surface area contributed by atoms with Gasteiger partial charge in [0.1, 0.15) is 5.75 Å². The van der Waals surface area contributed by atoms with Crippen LogP contribution in [0.5, 0.6) is 5.75 Å². The number of hydrogen-bond donors (Lipinski definition) is 1. The second kappa shape index (κ2) is 6.03. The van der Waals surface area contributed by atoms with E-state index in [9.17, 15) is 0 Å². The molecule has 1 aliphatic carbocycles. The third kappa shape index (κ3) is 3.45. The topological polar surface area (TPSA) is 30.5 Å². The van der Waals surface area contributed by atoms with Crippen molar-refractivity contribution in [1.29, 1.82) is 0 Å². The van der Waals surface area contributed by atoms with Crippen LogP contribution in [0.1, 0.15) is 44.2 Å². The van der Waals surface area contributed by atoms with Gasteiger partial charge in [0, 0.05) is 0 Å².